The lowest BCUT2D eigenvalue weighted by Gasteiger charge is -2.40. The van der Waals surface area contributed by atoms with Crippen LogP contribution in [0.3, 0.4) is 0 Å². The smallest absolute Gasteiger partial charge is 0.333 e. The number of anilines is 6. The predicted molar refractivity (Wildman–Crippen MR) is 228 cm³/mol. The third-order valence-electron chi connectivity index (χ3n) is 11.1. The molecule has 0 amide bonds. The lowest BCUT2D eigenvalue weighted by Crippen LogP contribution is -2.56. The SMILES string of the molecule is c1ccc(-c2c(-c3ccccc3)n3c4c(ccc(N(c5ccccc5)c5ccccc5)c24)-c2cccc4c2B3c2ccccc2N4c2ccccc2)cc1. The van der Waals surface area contributed by atoms with Gasteiger partial charge in [-0.3, -0.25) is 0 Å². The highest BCUT2D eigenvalue weighted by atomic mass is 15.2. The summed E-state index contributed by atoms with van der Waals surface area (Å²) in [6, 6.07) is 75.0. The van der Waals surface area contributed by atoms with Crippen molar-refractivity contribution in [2.24, 2.45) is 0 Å². The molecule has 0 saturated carbocycles. The van der Waals surface area contributed by atoms with Gasteiger partial charge in [0.25, 0.3) is 0 Å². The number of nitrogens with zero attached hydrogens (tertiary/aromatic N) is 3. The molecule has 54 heavy (non-hydrogen) atoms. The van der Waals surface area contributed by atoms with E-state index < -0.39 is 0 Å². The van der Waals surface area contributed by atoms with E-state index in [9.17, 15) is 0 Å². The van der Waals surface area contributed by atoms with Crippen molar-refractivity contribution in [3.63, 3.8) is 0 Å². The highest BCUT2D eigenvalue weighted by molar-refractivity contribution is 6.89. The quantitative estimate of drug-likeness (QED) is 0.161. The number of para-hydroxylation sites is 4. The van der Waals surface area contributed by atoms with Crippen LogP contribution in [0.15, 0.2) is 206 Å². The molecular formula is C50H34BN3. The Morgan fingerprint density at radius 3 is 1.65 bits per heavy atom. The lowest BCUT2D eigenvalue weighted by atomic mass is 9.45. The molecule has 2 aliphatic heterocycles. The van der Waals surface area contributed by atoms with Crippen LogP contribution in [0.5, 0.6) is 0 Å². The molecule has 0 spiro atoms. The van der Waals surface area contributed by atoms with Gasteiger partial charge in [-0.1, -0.05) is 152 Å². The van der Waals surface area contributed by atoms with E-state index in [0.717, 1.165) is 22.7 Å². The summed E-state index contributed by atoms with van der Waals surface area (Å²) in [7, 11) is 0. The molecule has 1 aromatic heterocycles. The number of hydrogen-bond acceptors (Lipinski definition) is 2. The van der Waals surface area contributed by atoms with Crippen molar-refractivity contribution in [2.75, 3.05) is 9.80 Å². The highest BCUT2D eigenvalue weighted by Gasteiger charge is 2.44. The van der Waals surface area contributed by atoms with E-state index in [1.807, 2.05) is 0 Å². The van der Waals surface area contributed by atoms with Crippen LogP contribution in [0.25, 0.3) is 44.4 Å². The first kappa shape index (κ1) is 30.6. The summed E-state index contributed by atoms with van der Waals surface area (Å²) in [4.78, 5) is 4.89. The third kappa shape index (κ3) is 4.50. The van der Waals surface area contributed by atoms with Gasteiger partial charge >= 0.3 is 6.85 Å². The van der Waals surface area contributed by atoms with Gasteiger partial charge in [0.1, 0.15) is 0 Å². The molecule has 0 unspecified atom stereocenters. The topological polar surface area (TPSA) is 11.4 Å². The normalized spacial score (nSPS) is 12.4. The number of hydrogen-bond donors (Lipinski definition) is 0. The monoisotopic (exact) mass is 687 g/mol. The minimum absolute atomic E-state index is 0.0628. The second-order valence-electron chi connectivity index (χ2n) is 14.1. The highest BCUT2D eigenvalue weighted by Crippen LogP contribution is 2.53. The summed E-state index contributed by atoms with van der Waals surface area (Å²) in [5.41, 5.74) is 18.2. The van der Waals surface area contributed by atoms with Crippen molar-refractivity contribution in [3.05, 3.63) is 206 Å². The van der Waals surface area contributed by atoms with Gasteiger partial charge in [0.15, 0.2) is 0 Å². The summed E-state index contributed by atoms with van der Waals surface area (Å²) < 4.78 is 2.69. The summed E-state index contributed by atoms with van der Waals surface area (Å²) in [5.74, 6) is 0. The van der Waals surface area contributed by atoms with Gasteiger partial charge in [-0.15, -0.1) is 0 Å². The largest absolute Gasteiger partial charge is 0.375 e. The maximum absolute atomic E-state index is 2.69. The van der Waals surface area contributed by atoms with Crippen LogP contribution >= 0.6 is 0 Å². The number of fused-ring (bicyclic) bond motifs is 4. The van der Waals surface area contributed by atoms with E-state index in [0.29, 0.717) is 0 Å². The Morgan fingerprint density at radius 2 is 0.981 bits per heavy atom. The summed E-state index contributed by atoms with van der Waals surface area (Å²) in [6.07, 6.45) is 0. The molecule has 0 N–H and O–H groups in total. The van der Waals surface area contributed by atoms with E-state index >= 15 is 0 Å². The van der Waals surface area contributed by atoms with Crippen molar-refractivity contribution in [1.29, 1.82) is 0 Å². The molecule has 4 heteroatoms. The zero-order valence-corrected chi connectivity index (χ0v) is 29.5. The fourth-order valence-electron chi connectivity index (χ4n) is 9.04. The molecule has 0 atom stereocenters. The fraction of sp³-hybridized carbons (Fsp3) is 0. The molecule has 3 nitrogen and oxygen atoms in total. The lowest BCUT2D eigenvalue weighted by molar-refractivity contribution is 1.23. The average molecular weight is 688 g/mol. The van der Waals surface area contributed by atoms with Gasteiger partial charge in [0, 0.05) is 56.2 Å². The average Bonchev–Trinajstić information content (AvgIpc) is 3.61. The Kier molecular flexibility index (Phi) is 6.96. The molecule has 0 radical (unpaired) electrons. The molecule has 11 rings (SSSR count). The number of aromatic nitrogens is 1. The summed E-state index contributed by atoms with van der Waals surface area (Å²) >= 11 is 0. The number of rotatable bonds is 6. The Morgan fingerprint density at radius 1 is 0.426 bits per heavy atom. The first-order valence-electron chi connectivity index (χ1n) is 18.7. The Hall–Kier alpha value is -7.04. The van der Waals surface area contributed by atoms with Gasteiger partial charge in [0.2, 0.25) is 0 Å². The molecule has 3 heterocycles. The van der Waals surface area contributed by atoms with Gasteiger partial charge in [-0.05, 0) is 82.2 Å². The zero-order valence-electron chi connectivity index (χ0n) is 29.5. The molecule has 0 bridgehead atoms. The van der Waals surface area contributed by atoms with E-state index in [1.54, 1.807) is 0 Å². The minimum Gasteiger partial charge on any atom is -0.375 e. The van der Waals surface area contributed by atoms with Crippen molar-refractivity contribution in [1.82, 2.24) is 4.48 Å². The number of benzene rings is 8. The van der Waals surface area contributed by atoms with Crippen LogP contribution in [0.2, 0.25) is 0 Å². The first-order chi connectivity index (χ1) is 26.9. The third-order valence-corrected chi connectivity index (χ3v) is 11.1. The van der Waals surface area contributed by atoms with Gasteiger partial charge in [-0.2, -0.15) is 0 Å². The fourth-order valence-corrected chi connectivity index (χ4v) is 9.04. The first-order valence-corrected chi connectivity index (χ1v) is 18.7. The van der Waals surface area contributed by atoms with Crippen LogP contribution < -0.4 is 20.7 Å². The van der Waals surface area contributed by atoms with Crippen LogP contribution in [0.4, 0.5) is 34.1 Å². The molecule has 2 aliphatic rings. The maximum atomic E-state index is 2.69. The molecule has 9 aromatic rings. The van der Waals surface area contributed by atoms with E-state index in [4.69, 9.17) is 0 Å². The summed E-state index contributed by atoms with van der Waals surface area (Å²) in [6.45, 7) is -0.0628. The second-order valence-corrected chi connectivity index (χ2v) is 14.1. The molecule has 0 saturated heterocycles. The summed E-state index contributed by atoms with van der Waals surface area (Å²) in [5, 5.41) is 1.24. The van der Waals surface area contributed by atoms with Crippen LogP contribution in [0, 0.1) is 0 Å². The van der Waals surface area contributed by atoms with Crippen molar-refractivity contribution in [2.45, 2.75) is 0 Å². The maximum Gasteiger partial charge on any atom is 0.333 e. The van der Waals surface area contributed by atoms with Crippen LogP contribution in [-0.2, 0) is 0 Å². The van der Waals surface area contributed by atoms with Gasteiger partial charge in [0.05, 0.1) is 5.69 Å². The van der Waals surface area contributed by atoms with Crippen molar-refractivity contribution < 1.29 is 0 Å². The molecule has 8 aromatic carbocycles. The van der Waals surface area contributed by atoms with Crippen molar-refractivity contribution >= 4 is 62.8 Å². The Bertz CT molecular complexity index is 2780. The molecule has 252 valence electrons. The van der Waals surface area contributed by atoms with Crippen molar-refractivity contribution in [3.8, 4) is 33.5 Å². The van der Waals surface area contributed by atoms with E-state index in [1.165, 1.54) is 66.7 Å². The van der Waals surface area contributed by atoms with Crippen LogP contribution in [0.1, 0.15) is 0 Å². The van der Waals surface area contributed by atoms with Gasteiger partial charge < -0.3 is 14.3 Å². The van der Waals surface area contributed by atoms with Gasteiger partial charge in [-0.25, -0.2) is 0 Å². The van der Waals surface area contributed by atoms with E-state index in [-0.39, 0.29) is 6.85 Å². The Labute approximate surface area is 315 Å². The second kappa shape index (κ2) is 12.3. The molecule has 0 fully saturated rings. The zero-order chi connectivity index (χ0) is 35.6. The predicted octanol–water partition coefficient (Wildman–Crippen LogP) is 11.9. The standard InChI is InChI=1S/C50H34BN3/c1-6-19-35(20-7-1)46-47-44(52(37-23-10-3-11-24-37)38-25-12-4-13-26-38)34-33-41-40-29-18-32-45-48(40)51(54(50(41)47)49(46)36-21-8-2-9-22-36)42-30-16-17-31-43(42)53(45)39-27-14-5-15-28-39/h1-34H. The molecule has 0 aliphatic carbocycles. The Balaban J connectivity index is 1.34. The molecular weight excluding hydrogens is 653 g/mol. The minimum atomic E-state index is -0.0628. The van der Waals surface area contributed by atoms with E-state index in [2.05, 4.69) is 221 Å². The van der Waals surface area contributed by atoms with Crippen LogP contribution in [-0.4, -0.2) is 11.3 Å².